The Labute approximate surface area is 119 Å². The number of aliphatic hydroxyl groups excluding tert-OH is 1. The van der Waals surface area contributed by atoms with Crippen molar-refractivity contribution >= 4 is 21.4 Å². The van der Waals surface area contributed by atoms with E-state index in [0.717, 1.165) is 18.8 Å². The first-order valence-corrected chi connectivity index (χ1v) is 8.13. The Kier molecular flexibility index (Phi) is 4.85. The van der Waals surface area contributed by atoms with Gasteiger partial charge in [0.1, 0.15) is 5.25 Å². The first-order chi connectivity index (χ1) is 9.53. The minimum Gasteiger partial charge on any atom is -0.395 e. The van der Waals surface area contributed by atoms with Gasteiger partial charge in [-0.25, -0.2) is 8.42 Å². The van der Waals surface area contributed by atoms with Gasteiger partial charge < -0.3 is 14.7 Å². The van der Waals surface area contributed by atoms with E-state index in [9.17, 15) is 8.42 Å². The third-order valence-corrected chi connectivity index (χ3v) is 5.02. The number of anilines is 2. The molecule has 0 aromatic heterocycles. The molecule has 1 aliphatic heterocycles. The van der Waals surface area contributed by atoms with Crippen LogP contribution in [0.5, 0.6) is 0 Å². The Bertz CT molecular complexity index is 524. The summed E-state index contributed by atoms with van der Waals surface area (Å²) in [5.41, 5.74) is 1.55. The van der Waals surface area contributed by atoms with Crippen molar-refractivity contribution in [1.82, 2.24) is 0 Å². The van der Waals surface area contributed by atoms with Crippen LogP contribution in [0.15, 0.2) is 24.3 Å². The normalized spacial score (nSPS) is 17.8. The number of ether oxygens (including phenoxy) is 1. The smallest absolute Gasteiger partial charge is 0.237 e. The van der Waals surface area contributed by atoms with E-state index >= 15 is 0 Å². The first-order valence-electron chi connectivity index (χ1n) is 6.58. The predicted molar refractivity (Wildman–Crippen MR) is 78.6 cm³/mol. The molecule has 0 saturated carbocycles. The lowest BCUT2D eigenvalue weighted by atomic mass is 10.2. The summed E-state index contributed by atoms with van der Waals surface area (Å²) in [4.78, 5) is 2.19. The van der Waals surface area contributed by atoms with Gasteiger partial charge in [-0.15, -0.1) is 0 Å². The van der Waals surface area contributed by atoms with Crippen LogP contribution in [0, 0.1) is 0 Å². The molecule has 1 aromatic rings. The average molecular weight is 300 g/mol. The van der Waals surface area contributed by atoms with Gasteiger partial charge in [0.25, 0.3) is 0 Å². The number of sulfonamides is 1. The van der Waals surface area contributed by atoms with Crippen molar-refractivity contribution in [2.45, 2.75) is 12.2 Å². The Morgan fingerprint density at radius 1 is 1.30 bits per heavy atom. The highest BCUT2D eigenvalue weighted by atomic mass is 32.2. The third kappa shape index (κ3) is 3.62. The van der Waals surface area contributed by atoms with Crippen molar-refractivity contribution in [3.8, 4) is 0 Å². The summed E-state index contributed by atoms with van der Waals surface area (Å²) >= 11 is 0. The third-order valence-electron chi connectivity index (χ3n) is 3.29. The number of morpholine rings is 1. The van der Waals surface area contributed by atoms with E-state index in [1.165, 1.54) is 6.92 Å². The molecule has 1 unspecified atom stereocenters. The summed E-state index contributed by atoms with van der Waals surface area (Å²) < 4.78 is 31.4. The van der Waals surface area contributed by atoms with Crippen molar-refractivity contribution in [3.63, 3.8) is 0 Å². The maximum Gasteiger partial charge on any atom is 0.237 e. The molecule has 20 heavy (non-hydrogen) atoms. The summed E-state index contributed by atoms with van der Waals surface area (Å²) in [6.07, 6.45) is 0. The molecule has 1 fully saturated rings. The lowest BCUT2D eigenvalue weighted by Crippen LogP contribution is -2.36. The largest absolute Gasteiger partial charge is 0.395 e. The van der Waals surface area contributed by atoms with E-state index in [0.29, 0.717) is 18.9 Å². The zero-order valence-electron chi connectivity index (χ0n) is 11.4. The Balaban J connectivity index is 2.04. The number of nitrogens with zero attached hydrogens (tertiary/aromatic N) is 1. The number of aliphatic hydroxyl groups is 1. The van der Waals surface area contributed by atoms with Gasteiger partial charge in [-0.3, -0.25) is 4.72 Å². The van der Waals surface area contributed by atoms with Crippen molar-refractivity contribution < 1.29 is 18.3 Å². The molecule has 1 aliphatic rings. The number of rotatable bonds is 5. The highest BCUT2D eigenvalue weighted by Gasteiger charge is 2.19. The molecule has 0 bridgehead atoms. The second-order valence-corrected chi connectivity index (χ2v) is 6.89. The van der Waals surface area contributed by atoms with E-state index in [4.69, 9.17) is 9.84 Å². The molecular formula is C13H20N2O4S. The van der Waals surface area contributed by atoms with Crippen LogP contribution in [0.2, 0.25) is 0 Å². The van der Waals surface area contributed by atoms with Crippen molar-refractivity contribution in [3.05, 3.63) is 24.3 Å². The van der Waals surface area contributed by atoms with Crippen LogP contribution in [-0.4, -0.2) is 51.7 Å². The van der Waals surface area contributed by atoms with Crippen LogP contribution >= 0.6 is 0 Å². The lowest BCUT2D eigenvalue weighted by Gasteiger charge is -2.29. The molecule has 7 heteroatoms. The minimum atomic E-state index is -3.53. The van der Waals surface area contributed by atoms with Gasteiger partial charge in [-0.1, -0.05) is 0 Å². The molecule has 0 spiro atoms. The molecule has 0 aliphatic carbocycles. The van der Waals surface area contributed by atoms with E-state index in [-0.39, 0.29) is 0 Å². The topological polar surface area (TPSA) is 78.9 Å². The number of hydrogen-bond donors (Lipinski definition) is 2. The van der Waals surface area contributed by atoms with Crippen molar-refractivity contribution in [1.29, 1.82) is 0 Å². The highest BCUT2D eigenvalue weighted by Crippen LogP contribution is 2.20. The van der Waals surface area contributed by atoms with E-state index in [1.54, 1.807) is 12.1 Å². The lowest BCUT2D eigenvalue weighted by molar-refractivity contribution is 0.122. The maximum atomic E-state index is 11.8. The van der Waals surface area contributed by atoms with Gasteiger partial charge in [0.05, 0.1) is 19.8 Å². The molecule has 1 atom stereocenters. The SMILES string of the molecule is CC(CO)S(=O)(=O)Nc1ccc(N2CCOCC2)cc1. The molecule has 1 saturated heterocycles. The second-order valence-electron chi connectivity index (χ2n) is 4.79. The molecular weight excluding hydrogens is 280 g/mol. The van der Waals surface area contributed by atoms with Gasteiger partial charge in [-0.2, -0.15) is 0 Å². The summed E-state index contributed by atoms with van der Waals surface area (Å²) in [6.45, 7) is 4.16. The molecule has 1 aromatic carbocycles. The van der Waals surface area contributed by atoms with E-state index < -0.39 is 21.9 Å². The summed E-state index contributed by atoms with van der Waals surface area (Å²) in [5.74, 6) is 0. The van der Waals surface area contributed by atoms with Gasteiger partial charge in [-0.05, 0) is 31.2 Å². The zero-order valence-corrected chi connectivity index (χ0v) is 12.3. The summed E-state index contributed by atoms with van der Waals surface area (Å²) in [6, 6.07) is 7.22. The van der Waals surface area contributed by atoms with Crippen LogP contribution < -0.4 is 9.62 Å². The van der Waals surface area contributed by atoms with Gasteiger partial charge in [0.2, 0.25) is 10.0 Å². The quantitative estimate of drug-likeness (QED) is 0.834. The maximum absolute atomic E-state index is 11.8. The molecule has 2 N–H and O–H groups in total. The van der Waals surface area contributed by atoms with Crippen LogP contribution in [-0.2, 0) is 14.8 Å². The average Bonchev–Trinajstić information content (AvgIpc) is 2.47. The standard InChI is InChI=1S/C13H20N2O4S/c1-11(10-16)20(17,18)14-12-2-4-13(5-3-12)15-6-8-19-9-7-15/h2-5,11,14,16H,6-10H2,1H3. The monoisotopic (exact) mass is 300 g/mol. The van der Waals surface area contributed by atoms with Crippen molar-refractivity contribution in [2.75, 3.05) is 42.5 Å². The van der Waals surface area contributed by atoms with Crippen LogP contribution in [0.1, 0.15) is 6.92 Å². The zero-order chi connectivity index (χ0) is 14.6. The molecule has 0 radical (unpaired) electrons. The molecule has 1 heterocycles. The van der Waals surface area contributed by atoms with Crippen LogP contribution in [0.4, 0.5) is 11.4 Å². The summed E-state index contributed by atoms with van der Waals surface area (Å²) in [5, 5.41) is 8.09. The molecule has 6 nitrogen and oxygen atoms in total. The fourth-order valence-corrected chi connectivity index (χ4v) is 2.79. The Morgan fingerprint density at radius 3 is 2.45 bits per heavy atom. The number of benzene rings is 1. The molecule has 0 amide bonds. The molecule has 112 valence electrons. The van der Waals surface area contributed by atoms with Gasteiger partial charge in [0.15, 0.2) is 0 Å². The minimum absolute atomic E-state index is 0.402. The number of nitrogens with one attached hydrogen (secondary N) is 1. The van der Waals surface area contributed by atoms with Gasteiger partial charge in [0, 0.05) is 24.5 Å². The second kappa shape index (κ2) is 6.43. The Hall–Kier alpha value is -1.31. The van der Waals surface area contributed by atoms with Gasteiger partial charge >= 0.3 is 0 Å². The number of hydrogen-bond acceptors (Lipinski definition) is 5. The predicted octanol–water partition coefficient (Wildman–Crippen LogP) is 0.646. The van der Waals surface area contributed by atoms with Crippen molar-refractivity contribution in [2.24, 2.45) is 0 Å². The molecule has 2 rings (SSSR count). The highest BCUT2D eigenvalue weighted by molar-refractivity contribution is 7.93. The van der Waals surface area contributed by atoms with Crippen LogP contribution in [0.3, 0.4) is 0 Å². The fraction of sp³-hybridized carbons (Fsp3) is 0.538. The van der Waals surface area contributed by atoms with E-state index in [1.807, 2.05) is 12.1 Å². The fourth-order valence-electron chi connectivity index (χ4n) is 1.92. The van der Waals surface area contributed by atoms with E-state index in [2.05, 4.69) is 9.62 Å². The Morgan fingerprint density at radius 2 is 1.90 bits per heavy atom. The van der Waals surface area contributed by atoms with Crippen LogP contribution in [0.25, 0.3) is 0 Å². The first kappa shape index (κ1) is 15.1. The summed E-state index contributed by atoms with van der Waals surface area (Å²) in [7, 11) is -3.53.